The highest BCUT2D eigenvalue weighted by atomic mass is 16.4. The second-order valence-corrected chi connectivity index (χ2v) is 11.7. The fourth-order valence-electron chi connectivity index (χ4n) is 5.36. The minimum Gasteiger partial charge on any atom is -0.480 e. The maximum Gasteiger partial charge on any atom is 0.339 e. The minimum absolute atomic E-state index is 0.0661. The fourth-order valence-corrected chi connectivity index (χ4v) is 5.36. The Balaban J connectivity index is 1.36. The first-order chi connectivity index (χ1) is 21.3. The summed E-state index contributed by atoms with van der Waals surface area (Å²) in [6, 6.07) is 8.63. The molecule has 4 aromatic rings. The highest BCUT2D eigenvalue weighted by Gasteiger charge is 2.29. The number of nitrogens with one attached hydrogen (secondary N) is 3. The zero-order valence-corrected chi connectivity index (χ0v) is 26.3. The van der Waals surface area contributed by atoms with Gasteiger partial charge in [-0.1, -0.05) is 44.2 Å². The molecular weight excluding hydrogens is 578 g/mol. The van der Waals surface area contributed by atoms with Crippen LogP contribution in [-0.2, 0) is 32.0 Å². The number of fused-ring (bicyclic) bond motifs is 2. The predicted molar refractivity (Wildman–Crippen MR) is 169 cm³/mol. The van der Waals surface area contributed by atoms with Crippen LogP contribution in [0.5, 0.6) is 0 Å². The molecule has 11 nitrogen and oxygen atoms in total. The number of hydrogen-bond acceptors (Lipinski definition) is 7. The largest absolute Gasteiger partial charge is 0.480 e. The van der Waals surface area contributed by atoms with Gasteiger partial charge in [0.15, 0.2) is 0 Å². The molecule has 0 spiro atoms. The van der Waals surface area contributed by atoms with E-state index in [0.717, 1.165) is 33.2 Å². The first kappa shape index (κ1) is 33.0. The van der Waals surface area contributed by atoms with Crippen LogP contribution in [0.2, 0.25) is 0 Å². The summed E-state index contributed by atoms with van der Waals surface area (Å²) in [7, 11) is 0. The maximum absolute atomic E-state index is 13.0. The number of carbonyl (C=O) groups is 4. The summed E-state index contributed by atoms with van der Waals surface area (Å²) < 4.78 is 11.5. The molecule has 0 aliphatic rings. The van der Waals surface area contributed by atoms with Gasteiger partial charge in [0, 0.05) is 34.7 Å². The Morgan fingerprint density at radius 3 is 2.13 bits per heavy atom. The molecule has 0 radical (unpaired) electrons. The van der Waals surface area contributed by atoms with Crippen molar-refractivity contribution >= 4 is 45.6 Å². The minimum atomic E-state index is -1.20. The summed E-state index contributed by atoms with van der Waals surface area (Å²) in [6.07, 6.45) is 0.120. The van der Waals surface area contributed by atoms with Crippen LogP contribution in [0.25, 0.3) is 21.9 Å². The van der Waals surface area contributed by atoms with Gasteiger partial charge in [-0.2, -0.15) is 0 Å². The third-order valence-electron chi connectivity index (χ3n) is 8.16. The van der Waals surface area contributed by atoms with Gasteiger partial charge in [-0.25, -0.2) is 9.59 Å². The van der Waals surface area contributed by atoms with Crippen molar-refractivity contribution in [3.05, 3.63) is 80.4 Å². The molecule has 4 N–H and O–H groups in total. The molecule has 11 heteroatoms. The van der Waals surface area contributed by atoms with Crippen LogP contribution in [0.4, 0.5) is 0 Å². The predicted octanol–water partition coefficient (Wildman–Crippen LogP) is 3.77. The number of carboxylic acid groups (broad SMARTS) is 1. The van der Waals surface area contributed by atoms with Crippen LogP contribution in [0.3, 0.4) is 0 Å². The van der Waals surface area contributed by atoms with E-state index in [2.05, 4.69) is 16.0 Å². The van der Waals surface area contributed by atoms with E-state index >= 15 is 0 Å². The number of furan rings is 1. The van der Waals surface area contributed by atoms with Crippen molar-refractivity contribution < 1.29 is 33.1 Å². The third-order valence-corrected chi connectivity index (χ3v) is 8.16. The highest BCUT2D eigenvalue weighted by Crippen LogP contribution is 2.34. The summed E-state index contributed by atoms with van der Waals surface area (Å²) in [5.74, 6) is -2.48. The molecule has 3 amide bonds. The first-order valence-electron chi connectivity index (χ1n) is 14.9. The van der Waals surface area contributed by atoms with E-state index < -0.39 is 47.9 Å². The Hall–Kier alpha value is -4.93. The van der Waals surface area contributed by atoms with Crippen molar-refractivity contribution in [2.75, 3.05) is 6.54 Å². The van der Waals surface area contributed by atoms with Crippen LogP contribution in [-0.4, -0.2) is 47.4 Å². The maximum atomic E-state index is 13.0. The van der Waals surface area contributed by atoms with E-state index in [1.54, 1.807) is 38.1 Å². The average molecular weight is 618 g/mol. The quantitative estimate of drug-likeness (QED) is 0.174. The molecular formula is C34H39N3O8. The third kappa shape index (κ3) is 7.42. The Morgan fingerprint density at radius 1 is 0.844 bits per heavy atom. The zero-order chi connectivity index (χ0) is 33.0. The van der Waals surface area contributed by atoms with Crippen LogP contribution < -0.4 is 21.6 Å². The fraction of sp³-hybridized carbons (Fsp3) is 0.382. The van der Waals surface area contributed by atoms with E-state index in [4.69, 9.17) is 8.83 Å². The van der Waals surface area contributed by atoms with Crippen molar-refractivity contribution in [1.29, 1.82) is 0 Å². The smallest absolute Gasteiger partial charge is 0.339 e. The number of rotatable bonds is 12. The molecule has 4 rings (SSSR count). The van der Waals surface area contributed by atoms with Gasteiger partial charge >= 0.3 is 11.6 Å². The molecule has 2 heterocycles. The van der Waals surface area contributed by atoms with Gasteiger partial charge in [0.2, 0.25) is 17.7 Å². The van der Waals surface area contributed by atoms with E-state index in [1.165, 1.54) is 0 Å². The van der Waals surface area contributed by atoms with Crippen molar-refractivity contribution in [3.63, 3.8) is 0 Å². The summed E-state index contributed by atoms with van der Waals surface area (Å²) in [4.78, 5) is 63.0. The van der Waals surface area contributed by atoms with Gasteiger partial charge in [-0.15, -0.1) is 0 Å². The second kappa shape index (κ2) is 13.8. The van der Waals surface area contributed by atoms with Gasteiger partial charge in [0.25, 0.3) is 0 Å². The van der Waals surface area contributed by atoms with Crippen molar-refractivity contribution in [3.8, 4) is 0 Å². The molecule has 2 aromatic carbocycles. The molecule has 0 saturated carbocycles. The average Bonchev–Trinajstić information content (AvgIpc) is 3.28. The molecule has 0 unspecified atom stereocenters. The lowest BCUT2D eigenvalue weighted by atomic mass is 9.98. The van der Waals surface area contributed by atoms with Gasteiger partial charge in [-0.3, -0.25) is 14.4 Å². The number of carboxylic acids is 1. The monoisotopic (exact) mass is 617 g/mol. The van der Waals surface area contributed by atoms with E-state index in [9.17, 15) is 29.1 Å². The molecule has 45 heavy (non-hydrogen) atoms. The van der Waals surface area contributed by atoms with Crippen molar-refractivity contribution in [1.82, 2.24) is 16.0 Å². The molecule has 0 aliphatic carbocycles. The zero-order valence-electron chi connectivity index (χ0n) is 26.3. The highest BCUT2D eigenvalue weighted by molar-refractivity contribution is 6.00. The van der Waals surface area contributed by atoms with Gasteiger partial charge in [0.1, 0.15) is 29.0 Å². The van der Waals surface area contributed by atoms with Crippen molar-refractivity contribution in [2.24, 2.45) is 5.92 Å². The van der Waals surface area contributed by atoms with E-state index in [1.807, 2.05) is 39.8 Å². The second-order valence-electron chi connectivity index (χ2n) is 11.7. The Morgan fingerprint density at radius 2 is 1.49 bits per heavy atom. The summed E-state index contributed by atoms with van der Waals surface area (Å²) in [5, 5.41) is 19.0. The van der Waals surface area contributed by atoms with Crippen molar-refractivity contribution in [2.45, 2.75) is 72.9 Å². The number of aryl methyl sites for hydroxylation is 4. The lowest BCUT2D eigenvalue weighted by molar-refractivity contribution is -0.142. The summed E-state index contributed by atoms with van der Waals surface area (Å²) >= 11 is 0. The Labute approximate surface area is 260 Å². The van der Waals surface area contributed by atoms with E-state index in [-0.39, 0.29) is 25.2 Å². The SMILES string of the molecule is Cc1oc2c(C)c3oc(=O)c(CCC(=O)NCC(=O)N[C@@H](C(=O)N[C@H](Cc4ccccc4)C(=O)O)C(C)C)c(C)c3cc2c1C. The van der Waals surface area contributed by atoms with Crippen LogP contribution in [0.1, 0.15) is 53.8 Å². The number of hydrogen-bond donors (Lipinski definition) is 4. The number of benzene rings is 2. The first-order valence-corrected chi connectivity index (χ1v) is 14.9. The molecule has 0 aliphatic heterocycles. The lowest BCUT2D eigenvalue weighted by Gasteiger charge is -2.24. The lowest BCUT2D eigenvalue weighted by Crippen LogP contribution is -2.55. The summed E-state index contributed by atoms with van der Waals surface area (Å²) in [6.45, 7) is 10.5. The molecule has 2 atom stereocenters. The standard InChI is InChI=1S/C34H39N3O8/c1-17(2)29(32(40)36-26(33(41)42)14-22-10-8-7-9-11-22)37-28(39)16-35-27(38)13-12-23-19(4)25-15-24-18(3)21(6)44-30(24)20(5)31(25)45-34(23)43/h7-11,15,17,26,29H,12-14,16H2,1-6H3,(H,35,38)(H,36,40)(H,37,39)(H,41,42)/t26-,29-/m1/s1. The van der Waals surface area contributed by atoms with Gasteiger partial charge < -0.3 is 29.9 Å². The molecule has 2 aromatic heterocycles. The Bertz CT molecular complexity index is 1820. The topological polar surface area (TPSA) is 168 Å². The van der Waals surface area contributed by atoms with Gasteiger partial charge in [0.05, 0.1) is 6.54 Å². The molecule has 0 fully saturated rings. The van der Waals surface area contributed by atoms with Crippen LogP contribution in [0.15, 0.2) is 50.0 Å². The van der Waals surface area contributed by atoms with E-state index in [0.29, 0.717) is 22.3 Å². The normalized spacial score (nSPS) is 12.7. The van der Waals surface area contributed by atoms with Gasteiger partial charge in [-0.05, 0) is 62.8 Å². The number of amides is 3. The molecule has 238 valence electrons. The van der Waals surface area contributed by atoms with Crippen LogP contribution >= 0.6 is 0 Å². The Kier molecular flexibility index (Phi) is 10.1. The number of carbonyl (C=O) groups excluding carboxylic acids is 3. The molecule has 0 bridgehead atoms. The van der Waals surface area contributed by atoms with Crippen LogP contribution in [0, 0.1) is 33.6 Å². The summed E-state index contributed by atoms with van der Waals surface area (Å²) in [5.41, 5.74) is 4.16. The molecule has 0 saturated heterocycles. The number of aliphatic carboxylic acids is 1.